The standard InChI is InChI=1S/C13H16NO/c1-2-13-12(14-10-15-13)9-8-11-6-4-3-5-7-11/h3-7,12-13H,2,8-9H2,1H3. The Kier molecular flexibility index (Phi) is 3.38. The second kappa shape index (κ2) is 4.96. The van der Waals surface area contributed by atoms with Crippen molar-refractivity contribution in [2.24, 2.45) is 4.99 Å². The van der Waals surface area contributed by atoms with Crippen molar-refractivity contribution in [2.75, 3.05) is 0 Å². The van der Waals surface area contributed by atoms with Crippen molar-refractivity contribution in [3.05, 3.63) is 35.9 Å². The molecule has 0 aliphatic carbocycles. The number of rotatable bonds is 4. The number of aryl methyl sites for hydroxylation is 1. The highest BCUT2D eigenvalue weighted by molar-refractivity contribution is 5.49. The Morgan fingerprint density at radius 3 is 2.87 bits per heavy atom. The monoisotopic (exact) mass is 202 g/mol. The normalized spacial score (nSPS) is 24.1. The van der Waals surface area contributed by atoms with Gasteiger partial charge in [-0.05, 0) is 24.8 Å². The van der Waals surface area contributed by atoms with Gasteiger partial charge in [-0.25, -0.2) is 4.99 Å². The third kappa shape index (κ3) is 2.58. The van der Waals surface area contributed by atoms with Gasteiger partial charge in [0.15, 0.2) is 0 Å². The Balaban J connectivity index is 1.85. The predicted molar refractivity (Wildman–Crippen MR) is 61.2 cm³/mol. The number of benzene rings is 1. The first-order valence-corrected chi connectivity index (χ1v) is 5.54. The van der Waals surface area contributed by atoms with E-state index in [1.165, 1.54) is 5.56 Å². The Labute approximate surface area is 91.0 Å². The van der Waals surface area contributed by atoms with Crippen molar-refractivity contribution in [1.29, 1.82) is 0 Å². The van der Waals surface area contributed by atoms with Crippen LogP contribution in [0.5, 0.6) is 0 Å². The van der Waals surface area contributed by atoms with Crippen molar-refractivity contribution in [3.8, 4) is 0 Å². The lowest BCUT2D eigenvalue weighted by Gasteiger charge is -2.14. The Bertz CT molecular complexity index is 321. The molecule has 1 aromatic rings. The largest absolute Gasteiger partial charge is 0.469 e. The highest BCUT2D eigenvalue weighted by Crippen LogP contribution is 2.18. The summed E-state index contributed by atoms with van der Waals surface area (Å²) in [6, 6.07) is 10.8. The Hall–Kier alpha value is -1.31. The van der Waals surface area contributed by atoms with Crippen LogP contribution in [-0.2, 0) is 11.2 Å². The van der Waals surface area contributed by atoms with E-state index in [2.05, 4.69) is 42.6 Å². The molecule has 1 aliphatic rings. The van der Waals surface area contributed by atoms with E-state index < -0.39 is 0 Å². The zero-order valence-corrected chi connectivity index (χ0v) is 9.02. The number of hydrogen-bond acceptors (Lipinski definition) is 2. The Morgan fingerprint density at radius 2 is 2.13 bits per heavy atom. The molecule has 79 valence electrons. The van der Waals surface area contributed by atoms with Crippen molar-refractivity contribution in [1.82, 2.24) is 0 Å². The zero-order chi connectivity index (χ0) is 10.5. The summed E-state index contributed by atoms with van der Waals surface area (Å²) in [4.78, 5) is 4.23. The molecule has 1 radical (unpaired) electrons. The molecule has 1 aromatic carbocycles. The highest BCUT2D eigenvalue weighted by Gasteiger charge is 2.24. The Morgan fingerprint density at radius 1 is 1.33 bits per heavy atom. The van der Waals surface area contributed by atoms with Crippen LogP contribution in [0.25, 0.3) is 0 Å². The lowest BCUT2D eigenvalue weighted by atomic mass is 10.0. The SMILES string of the molecule is CCC1O[C]=NC1CCc1ccccc1. The molecular formula is C13H16NO. The number of nitrogens with zero attached hydrogens (tertiary/aromatic N) is 1. The van der Waals surface area contributed by atoms with E-state index >= 15 is 0 Å². The molecule has 2 atom stereocenters. The van der Waals surface area contributed by atoms with Gasteiger partial charge in [0.1, 0.15) is 6.10 Å². The van der Waals surface area contributed by atoms with Crippen molar-refractivity contribution in [2.45, 2.75) is 38.3 Å². The van der Waals surface area contributed by atoms with E-state index in [0.29, 0.717) is 6.04 Å². The predicted octanol–water partition coefficient (Wildman–Crippen LogP) is 2.70. The molecule has 2 heteroatoms. The summed E-state index contributed by atoms with van der Waals surface area (Å²) < 4.78 is 5.29. The molecule has 1 heterocycles. The smallest absolute Gasteiger partial charge is 0.273 e. The van der Waals surface area contributed by atoms with Crippen LogP contribution in [0.4, 0.5) is 0 Å². The minimum absolute atomic E-state index is 0.244. The molecular weight excluding hydrogens is 186 g/mol. The lowest BCUT2D eigenvalue weighted by Crippen LogP contribution is -2.21. The zero-order valence-electron chi connectivity index (χ0n) is 9.02. The van der Waals surface area contributed by atoms with Gasteiger partial charge >= 0.3 is 0 Å². The number of hydrogen-bond donors (Lipinski definition) is 0. The number of ether oxygens (including phenoxy) is 1. The van der Waals surface area contributed by atoms with Crippen LogP contribution < -0.4 is 0 Å². The fraction of sp³-hybridized carbons (Fsp3) is 0.462. The van der Waals surface area contributed by atoms with Gasteiger partial charge in [0.2, 0.25) is 0 Å². The van der Waals surface area contributed by atoms with Gasteiger partial charge in [0, 0.05) is 0 Å². The van der Waals surface area contributed by atoms with Gasteiger partial charge in [-0.15, -0.1) is 0 Å². The van der Waals surface area contributed by atoms with Crippen LogP contribution in [-0.4, -0.2) is 18.5 Å². The van der Waals surface area contributed by atoms with Gasteiger partial charge in [0.05, 0.1) is 6.04 Å². The third-order valence-electron chi connectivity index (χ3n) is 2.83. The average Bonchev–Trinajstić information content (AvgIpc) is 2.75. The molecule has 0 saturated heterocycles. The fourth-order valence-corrected chi connectivity index (χ4v) is 1.89. The van der Waals surface area contributed by atoms with Crippen molar-refractivity contribution in [3.63, 3.8) is 0 Å². The molecule has 2 nitrogen and oxygen atoms in total. The molecule has 0 bridgehead atoms. The van der Waals surface area contributed by atoms with E-state index in [1.807, 2.05) is 6.07 Å². The molecule has 0 fully saturated rings. The lowest BCUT2D eigenvalue weighted by molar-refractivity contribution is 0.190. The van der Waals surface area contributed by atoms with Crippen LogP contribution in [0.15, 0.2) is 35.3 Å². The summed E-state index contributed by atoms with van der Waals surface area (Å²) in [6.07, 6.45) is 6.01. The van der Waals surface area contributed by atoms with Crippen LogP contribution in [0, 0.1) is 0 Å². The van der Waals surface area contributed by atoms with E-state index in [0.717, 1.165) is 19.3 Å². The van der Waals surface area contributed by atoms with Gasteiger partial charge in [-0.3, -0.25) is 0 Å². The number of aliphatic imine (C=N–C) groups is 1. The van der Waals surface area contributed by atoms with E-state index in [-0.39, 0.29) is 6.10 Å². The summed E-state index contributed by atoms with van der Waals surface area (Å²) in [7, 11) is 0. The van der Waals surface area contributed by atoms with Gasteiger partial charge in [-0.2, -0.15) is 0 Å². The first-order chi connectivity index (χ1) is 7.40. The molecule has 0 spiro atoms. The molecule has 0 N–H and O–H groups in total. The quantitative estimate of drug-likeness (QED) is 0.735. The summed E-state index contributed by atoms with van der Waals surface area (Å²) in [5, 5.41) is 0. The maximum absolute atomic E-state index is 5.29. The van der Waals surface area contributed by atoms with Crippen molar-refractivity contribution >= 4 is 6.40 Å². The molecule has 15 heavy (non-hydrogen) atoms. The molecule has 0 aromatic heterocycles. The van der Waals surface area contributed by atoms with E-state index in [9.17, 15) is 0 Å². The summed E-state index contributed by atoms with van der Waals surface area (Å²) in [5.41, 5.74) is 1.37. The first-order valence-electron chi connectivity index (χ1n) is 5.54. The van der Waals surface area contributed by atoms with Crippen LogP contribution in [0.2, 0.25) is 0 Å². The maximum atomic E-state index is 5.29. The van der Waals surface area contributed by atoms with Crippen molar-refractivity contribution < 1.29 is 4.74 Å². The molecule has 2 unspecified atom stereocenters. The topological polar surface area (TPSA) is 21.6 Å². The average molecular weight is 202 g/mol. The molecule has 0 saturated carbocycles. The summed E-state index contributed by atoms with van der Waals surface area (Å²) in [5.74, 6) is 0. The van der Waals surface area contributed by atoms with Gasteiger partial charge < -0.3 is 4.74 Å². The second-order valence-corrected chi connectivity index (χ2v) is 3.88. The highest BCUT2D eigenvalue weighted by atomic mass is 16.5. The minimum Gasteiger partial charge on any atom is -0.469 e. The summed E-state index contributed by atoms with van der Waals surface area (Å²) in [6.45, 7) is 2.13. The van der Waals surface area contributed by atoms with Crippen LogP contribution in [0.1, 0.15) is 25.3 Å². The molecule has 2 rings (SSSR count). The maximum Gasteiger partial charge on any atom is 0.273 e. The van der Waals surface area contributed by atoms with Gasteiger partial charge in [0.25, 0.3) is 6.40 Å². The third-order valence-corrected chi connectivity index (χ3v) is 2.83. The summed E-state index contributed by atoms with van der Waals surface area (Å²) >= 11 is 0. The molecule has 0 amide bonds. The first kappa shape index (κ1) is 10.2. The van der Waals surface area contributed by atoms with E-state index in [1.54, 1.807) is 0 Å². The second-order valence-electron chi connectivity index (χ2n) is 3.88. The van der Waals surface area contributed by atoms with Gasteiger partial charge in [-0.1, -0.05) is 37.3 Å². The molecule has 1 aliphatic heterocycles. The van der Waals surface area contributed by atoms with Crippen LogP contribution in [0.3, 0.4) is 0 Å². The van der Waals surface area contributed by atoms with E-state index in [4.69, 9.17) is 4.74 Å². The minimum atomic E-state index is 0.244. The van der Waals surface area contributed by atoms with Crippen LogP contribution >= 0.6 is 0 Å². The fourth-order valence-electron chi connectivity index (χ4n) is 1.89.